The van der Waals surface area contributed by atoms with Crippen molar-refractivity contribution in [1.29, 1.82) is 0 Å². The van der Waals surface area contributed by atoms with E-state index < -0.39 is 11.8 Å². The van der Waals surface area contributed by atoms with Crippen LogP contribution in [0.3, 0.4) is 0 Å². The van der Waals surface area contributed by atoms with E-state index in [0.29, 0.717) is 24.3 Å². The third-order valence-corrected chi connectivity index (χ3v) is 4.43. The fourth-order valence-corrected chi connectivity index (χ4v) is 3.14. The van der Waals surface area contributed by atoms with Crippen LogP contribution in [-0.2, 0) is 16.1 Å². The number of rotatable bonds is 4. The number of carbonyl (C=O) groups excluding carboxylic acids is 2. The molecule has 0 spiro atoms. The molecular formula is C20H22FN3O2. The van der Waals surface area contributed by atoms with Crippen LogP contribution >= 0.6 is 0 Å². The number of amides is 2. The Morgan fingerprint density at radius 3 is 2.54 bits per heavy atom. The summed E-state index contributed by atoms with van der Waals surface area (Å²) in [4.78, 5) is 26.2. The van der Waals surface area contributed by atoms with Gasteiger partial charge in [-0.1, -0.05) is 36.4 Å². The molecule has 1 heterocycles. The molecular weight excluding hydrogens is 333 g/mol. The van der Waals surface area contributed by atoms with E-state index in [1.165, 1.54) is 6.07 Å². The highest BCUT2D eigenvalue weighted by Crippen LogP contribution is 2.16. The minimum absolute atomic E-state index is 0.121. The molecule has 2 N–H and O–H groups in total. The summed E-state index contributed by atoms with van der Waals surface area (Å²) in [7, 11) is 0. The first-order valence-corrected chi connectivity index (χ1v) is 8.74. The van der Waals surface area contributed by atoms with Crippen molar-refractivity contribution in [3.63, 3.8) is 0 Å². The Kier molecular flexibility index (Phi) is 5.96. The molecule has 2 amide bonds. The fourth-order valence-electron chi connectivity index (χ4n) is 3.14. The molecule has 1 saturated heterocycles. The number of likely N-dealkylation sites (tertiary alicyclic amines) is 1. The molecule has 0 radical (unpaired) electrons. The smallest absolute Gasteiger partial charge is 0.313 e. The molecule has 5 nitrogen and oxygen atoms in total. The van der Waals surface area contributed by atoms with Gasteiger partial charge < -0.3 is 10.6 Å². The van der Waals surface area contributed by atoms with E-state index in [2.05, 4.69) is 15.5 Å². The molecule has 0 saturated carbocycles. The number of benzene rings is 2. The zero-order valence-corrected chi connectivity index (χ0v) is 14.5. The van der Waals surface area contributed by atoms with Crippen molar-refractivity contribution in [2.24, 2.45) is 0 Å². The number of carbonyl (C=O) groups is 2. The molecule has 1 aliphatic rings. The van der Waals surface area contributed by atoms with Gasteiger partial charge in [-0.05, 0) is 37.6 Å². The van der Waals surface area contributed by atoms with Crippen LogP contribution in [0.4, 0.5) is 10.1 Å². The second kappa shape index (κ2) is 8.58. The molecule has 1 fully saturated rings. The van der Waals surface area contributed by atoms with Gasteiger partial charge in [0.1, 0.15) is 5.82 Å². The van der Waals surface area contributed by atoms with E-state index in [1.54, 1.807) is 36.4 Å². The molecule has 0 aromatic heterocycles. The predicted octanol–water partition coefficient (Wildman–Crippen LogP) is 2.54. The van der Waals surface area contributed by atoms with E-state index >= 15 is 0 Å². The zero-order valence-electron chi connectivity index (χ0n) is 14.5. The Balaban J connectivity index is 1.52. The van der Waals surface area contributed by atoms with Gasteiger partial charge in [-0.25, -0.2) is 4.39 Å². The molecule has 0 bridgehead atoms. The highest BCUT2D eigenvalue weighted by atomic mass is 19.1. The lowest BCUT2D eigenvalue weighted by molar-refractivity contribution is -0.136. The number of hydrogen-bond donors (Lipinski definition) is 2. The predicted molar refractivity (Wildman–Crippen MR) is 97.9 cm³/mol. The number of hydrogen-bond acceptors (Lipinski definition) is 3. The highest BCUT2D eigenvalue weighted by Gasteiger charge is 2.24. The molecule has 1 atom stereocenters. The Hall–Kier alpha value is -2.73. The Labute approximate surface area is 152 Å². The maximum absolute atomic E-state index is 13.8. The maximum Gasteiger partial charge on any atom is 0.313 e. The van der Waals surface area contributed by atoms with Crippen LogP contribution in [0, 0.1) is 5.82 Å². The van der Waals surface area contributed by atoms with Crippen LogP contribution in [0.15, 0.2) is 54.6 Å². The van der Waals surface area contributed by atoms with E-state index in [4.69, 9.17) is 0 Å². The third kappa shape index (κ3) is 4.89. The Bertz CT molecular complexity index is 767. The summed E-state index contributed by atoms with van der Waals surface area (Å²) in [5, 5.41) is 5.36. The molecule has 26 heavy (non-hydrogen) atoms. The highest BCUT2D eigenvalue weighted by molar-refractivity contribution is 6.39. The van der Waals surface area contributed by atoms with Crippen molar-refractivity contribution in [2.45, 2.75) is 25.4 Å². The third-order valence-electron chi connectivity index (χ3n) is 4.43. The molecule has 0 aliphatic carbocycles. The number of halogens is 1. The minimum atomic E-state index is -0.678. The van der Waals surface area contributed by atoms with Crippen molar-refractivity contribution in [1.82, 2.24) is 10.2 Å². The van der Waals surface area contributed by atoms with Crippen molar-refractivity contribution in [3.05, 3.63) is 66.0 Å². The van der Waals surface area contributed by atoms with Crippen molar-refractivity contribution in [2.75, 3.05) is 18.4 Å². The quantitative estimate of drug-likeness (QED) is 0.829. The standard InChI is InChI=1S/C20H22FN3O2/c21-18-11-5-4-7-15(18)13-24-12-6-10-17(14-24)23-20(26)19(25)22-16-8-2-1-3-9-16/h1-5,7-9,11,17H,6,10,12-14H2,(H,22,25)(H,23,26)/t17-/m0/s1. The van der Waals surface area contributed by atoms with Crippen LogP contribution in [0.5, 0.6) is 0 Å². The molecule has 1 aliphatic heterocycles. The van der Waals surface area contributed by atoms with Crippen molar-refractivity contribution < 1.29 is 14.0 Å². The van der Waals surface area contributed by atoms with Gasteiger partial charge in [-0.2, -0.15) is 0 Å². The summed E-state index contributed by atoms with van der Waals surface area (Å²) in [6.07, 6.45) is 1.69. The molecule has 0 unspecified atom stereocenters. The average molecular weight is 355 g/mol. The normalized spacial score (nSPS) is 17.5. The van der Waals surface area contributed by atoms with E-state index in [9.17, 15) is 14.0 Å². The van der Waals surface area contributed by atoms with Gasteiger partial charge in [0.25, 0.3) is 0 Å². The van der Waals surface area contributed by atoms with Gasteiger partial charge in [0.05, 0.1) is 0 Å². The van der Waals surface area contributed by atoms with E-state index in [1.807, 2.05) is 12.1 Å². The Morgan fingerprint density at radius 2 is 1.77 bits per heavy atom. The van der Waals surface area contributed by atoms with Crippen LogP contribution in [0.1, 0.15) is 18.4 Å². The van der Waals surface area contributed by atoms with Gasteiger partial charge in [0.2, 0.25) is 0 Å². The fraction of sp³-hybridized carbons (Fsp3) is 0.300. The minimum Gasteiger partial charge on any atom is -0.344 e. The van der Waals surface area contributed by atoms with Crippen molar-refractivity contribution >= 4 is 17.5 Å². The summed E-state index contributed by atoms with van der Waals surface area (Å²) in [6.45, 7) is 1.94. The number of nitrogens with zero attached hydrogens (tertiary/aromatic N) is 1. The first-order valence-electron chi connectivity index (χ1n) is 8.74. The van der Waals surface area contributed by atoms with Gasteiger partial charge in [0.15, 0.2) is 0 Å². The van der Waals surface area contributed by atoms with Gasteiger partial charge in [-0.15, -0.1) is 0 Å². The lowest BCUT2D eigenvalue weighted by Gasteiger charge is -2.33. The maximum atomic E-state index is 13.8. The first kappa shape index (κ1) is 18.1. The summed E-state index contributed by atoms with van der Waals surface area (Å²) in [5.41, 5.74) is 1.22. The molecule has 2 aromatic rings. The number of para-hydroxylation sites is 1. The summed E-state index contributed by atoms with van der Waals surface area (Å²) < 4.78 is 13.8. The second-order valence-electron chi connectivity index (χ2n) is 6.46. The lowest BCUT2D eigenvalue weighted by Crippen LogP contribution is -2.50. The van der Waals surface area contributed by atoms with E-state index in [0.717, 1.165) is 19.4 Å². The number of anilines is 1. The first-order chi connectivity index (χ1) is 12.6. The SMILES string of the molecule is O=C(Nc1ccccc1)C(=O)N[C@H]1CCCN(Cc2ccccc2F)C1. The summed E-state index contributed by atoms with van der Waals surface area (Å²) in [6, 6.07) is 15.4. The van der Waals surface area contributed by atoms with Crippen molar-refractivity contribution in [3.8, 4) is 0 Å². The monoisotopic (exact) mass is 355 g/mol. The van der Waals surface area contributed by atoms with Crippen LogP contribution in [0.25, 0.3) is 0 Å². The second-order valence-corrected chi connectivity index (χ2v) is 6.46. The molecule has 136 valence electrons. The average Bonchev–Trinajstić information content (AvgIpc) is 2.65. The molecule has 2 aromatic carbocycles. The summed E-state index contributed by atoms with van der Waals surface area (Å²) in [5.74, 6) is -1.55. The zero-order chi connectivity index (χ0) is 18.4. The number of piperidine rings is 1. The van der Waals surface area contributed by atoms with Gasteiger partial charge in [-0.3, -0.25) is 14.5 Å². The van der Waals surface area contributed by atoms with Gasteiger partial charge >= 0.3 is 11.8 Å². The van der Waals surface area contributed by atoms with Crippen LogP contribution in [-0.4, -0.2) is 35.8 Å². The van der Waals surface area contributed by atoms with E-state index in [-0.39, 0.29) is 11.9 Å². The summed E-state index contributed by atoms with van der Waals surface area (Å²) >= 11 is 0. The molecule has 3 rings (SSSR count). The van der Waals surface area contributed by atoms with Gasteiger partial charge in [0, 0.05) is 30.4 Å². The van der Waals surface area contributed by atoms with Crippen LogP contribution in [0.2, 0.25) is 0 Å². The van der Waals surface area contributed by atoms with Crippen LogP contribution < -0.4 is 10.6 Å². The largest absolute Gasteiger partial charge is 0.344 e. The topological polar surface area (TPSA) is 61.4 Å². The number of nitrogens with one attached hydrogen (secondary N) is 2. The lowest BCUT2D eigenvalue weighted by atomic mass is 10.0. The molecule has 6 heteroatoms. The Morgan fingerprint density at radius 1 is 1.04 bits per heavy atom.